The van der Waals surface area contributed by atoms with Gasteiger partial charge in [0.15, 0.2) is 0 Å². The number of thiophene rings is 1. The highest BCUT2D eigenvalue weighted by Gasteiger charge is 2.12. The van der Waals surface area contributed by atoms with Gasteiger partial charge in [0.1, 0.15) is 0 Å². The second-order valence-electron chi connectivity index (χ2n) is 4.72. The SMILES string of the molecule is Cc1ccccc1CCC(Cc1sccc1Cl)NN. The molecule has 0 aliphatic heterocycles. The molecular weight excluding hydrogens is 276 g/mol. The molecule has 19 heavy (non-hydrogen) atoms. The molecule has 102 valence electrons. The van der Waals surface area contributed by atoms with Gasteiger partial charge in [-0.1, -0.05) is 35.9 Å². The van der Waals surface area contributed by atoms with Crippen LogP contribution in [0.25, 0.3) is 0 Å². The zero-order valence-electron chi connectivity index (χ0n) is 11.0. The Morgan fingerprint density at radius 2 is 2.11 bits per heavy atom. The van der Waals surface area contributed by atoms with Gasteiger partial charge in [-0.25, -0.2) is 0 Å². The van der Waals surface area contributed by atoms with Gasteiger partial charge in [0.25, 0.3) is 0 Å². The number of nitrogens with one attached hydrogen (secondary N) is 1. The van der Waals surface area contributed by atoms with Crippen LogP contribution in [0.1, 0.15) is 22.4 Å². The number of hydrogen-bond donors (Lipinski definition) is 2. The van der Waals surface area contributed by atoms with Gasteiger partial charge in [-0.2, -0.15) is 0 Å². The molecule has 0 bridgehead atoms. The van der Waals surface area contributed by atoms with Crippen LogP contribution in [0, 0.1) is 6.92 Å². The maximum atomic E-state index is 6.13. The van der Waals surface area contributed by atoms with Crippen molar-refractivity contribution in [1.82, 2.24) is 5.43 Å². The fraction of sp³-hybridized carbons (Fsp3) is 0.333. The molecule has 1 aromatic heterocycles. The highest BCUT2D eigenvalue weighted by atomic mass is 35.5. The highest BCUT2D eigenvalue weighted by Crippen LogP contribution is 2.24. The second-order valence-corrected chi connectivity index (χ2v) is 6.13. The number of hydrazine groups is 1. The van der Waals surface area contributed by atoms with Crippen LogP contribution in [0.15, 0.2) is 35.7 Å². The minimum Gasteiger partial charge on any atom is -0.271 e. The van der Waals surface area contributed by atoms with Gasteiger partial charge in [-0.05, 0) is 48.8 Å². The van der Waals surface area contributed by atoms with Crippen molar-refractivity contribution >= 4 is 22.9 Å². The number of nitrogens with two attached hydrogens (primary N) is 1. The van der Waals surface area contributed by atoms with E-state index >= 15 is 0 Å². The lowest BCUT2D eigenvalue weighted by Crippen LogP contribution is -2.37. The molecule has 1 heterocycles. The number of rotatable bonds is 6. The van der Waals surface area contributed by atoms with Gasteiger partial charge in [0, 0.05) is 10.9 Å². The maximum absolute atomic E-state index is 6.13. The van der Waals surface area contributed by atoms with Gasteiger partial charge in [0.2, 0.25) is 0 Å². The van der Waals surface area contributed by atoms with Crippen LogP contribution in [-0.2, 0) is 12.8 Å². The summed E-state index contributed by atoms with van der Waals surface area (Å²) < 4.78 is 0. The summed E-state index contributed by atoms with van der Waals surface area (Å²) in [7, 11) is 0. The van der Waals surface area contributed by atoms with E-state index < -0.39 is 0 Å². The summed E-state index contributed by atoms with van der Waals surface area (Å²) in [4.78, 5) is 1.20. The molecule has 0 amide bonds. The van der Waals surface area contributed by atoms with E-state index in [1.807, 2.05) is 11.4 Å². The molecule has 3 N–H and O–H groups in total. The largest absolute Gasteiger partial charge is 0.271 e. The van der Waals surface area contributed by atoms with Gasteiger partial charge < -0.3 is 0 Å². The van der Waals surface area contributed by atoms with Gasteiger partial charge in [-0.15, -0.1) is 11.3 Å². The fourth-order valence-corrected chi connectivity index (χ4v) is 3.35. The highest BCUT2D eigenvalue weighted by molar-refractivity contribution is 7.10. The van der Waals surface area contributed by atoms with Crippen LogP contribution in [0.3, 0.4) is 0 Å². The molecule has 0 spiro atoms. The first-order chi connectivity index (χ1) is 9.20. The van der Waals surface area contributed by atoms with Crippen molar-refractivity contribution < 1.29 is 0 Å². The van der Waals surface area contributed by atoms with Crippen LogP contribution < -0.4 is 11.3 Å². The molecule has 0 fully saturated rings. The second kappa shape index (κ2) is 7.06. The van der Waals surface area contributed by atoms with E-state index in [0.717, 1.165) is 24.3 Å². The minimum absolute atomic E-state index is 0.260. The van der Waals surface area contributed by atoms with Crippen molar-refractivity contribution in [2.75, 3.05) is 0 Å². The standard InChI is InChI=1S/C15H19ClN2S/c1-11-4-2-3-5-12(11)6-7-13(18-17)10-15-14(16)8-9-19-15/h2-5,8-9,13,18H,6-7,10,17H2,1H3. The lowest BCUT2D eigenvalue weighted by atomic mass is 9.99. The zero-order valence-corrected chi connectivity index (χ0v) is 12.6. The monoisotopic (exact) mass is 294 g/mol. The van der Waals surface area contributed by atoms with E-state index in [-0.39, 0.29) is 6.04 Å². The predicted molar refractivity (Wildman–Crippen MR) is 83.6 cm³/mol. The lowest BCUT2D eigenvalue weighted by molar-refractivity contribution is 0.494. The molecule has 1 aromatic carbocycles. The number of hydrogen-bond acceptors (Lipinski definition) is 3. The van der Waals surface area contributed by atoms with Crippen molar-refractivity contribution in [3.05, 3.63) is 56.7 Å². The van der Waals surface area contributed by atoms with E-state index in [1.54, 1.807) is 11.3 Å². The maximum Gasteiger partial charge on any atom is 0.0545 e. The molecule has 0 saturated heterocycles. The van der Waals surface area contributed by atoms with Crippen LogP contribution >= 0.6 is 22.9 Å². The van der Waals surface area contributed by atoms with Crippen molar-refractivity contribution in [1.29, 1.82) is 0 Å². The Balaban J connectivity index is 1.93. The first kappa shape index (κ1) is 14.5. The van der Waals surface area contributed by atoms with E-state index in [2.05, 4.69) is 36.6 Å². The van der Waals surface area contributed by atoms with Crippen molar-refractivity contribution in [3.63, 3.8) is 0 Å². The van der Waals surface area contributed by atoms with Gasteiger partial charge in [-0.3, -0.25) is 11.3 Å². The molecule has 1 unspecified atom stereocenters. The predicted octanol–water partition coefficient (Wildman–Crippen LogP) is 3.72. The van der Waals surface area contributed by atoms with Crippen molar-refractivity contribution in [2.24, 2.45) is 5.84 Å². The Morgan fingerprint density at radius 1 is 1.32 bits per heavy atom. The first-order valence-corrected chi connectivity index (χ1v) is 7.69. The smallest absolute Gasteiger partial charge is 0.0545 e. The Morgan fingerprint density at radius 3 is 2.74 bits per heavy atom. The summed E-state index contributed by atoms with van der Waals surface area (Å²) >= 11 is 7.82. The molecule has 2 nitrogen and oxygen atoms in total. The summed E-state index contributed by atoms with van der Waals surface area (Å²) in [5.74, 6) is 5.65. The Bertz CT molecular complexity index is 524. The third-order valence-electron chi connectivity index (χ3n) is 3.38. The molecule has 4 heteroatoms. The van der Waals surface area contributed by atoms with Crippen molar-refractivity contribution in [3.8, 4) is 0 Å². The molecule has 2 aromatic rings. The normalized spacial score (nSPS) is 12.6. The summed E-state index contributed by atoms with van der Waals surface area (Å²) in [5.41, 5.74) is 5.63. The molecule has 0 aliphatic rings. The molecule has 1 atom stereocenters. The third kappa shape index (κ3) is 4.05. The summed E-state index contributed by atoms with van der Waals surface area (Å²) in [5, 5.41) is 2.87. The van der Waals surface area contributed by atoms with Crippen molar-refractivity contribution in [2.45, 2.75) is 32.2 Å². The lowest BCUT2D eigenvalue weighted by Gasteiger charge is -2.16. The molecule has 0 saturated carbocycles. The number of benzene rings is 1. The number of aryl methyl sites for hydroxylation is 2. The minimum atomic E-state index is 0.260. The Labute approximate surface area is 123 Å². The number of halogens is 1. The first-order valence-electron chi connectivity index (χ1n) is 6.43. The fourth-order valence-electron chi connectivity index (χ4n) is 2.16. The van der Waals surface area contributed by atoms with E-state index in [9.17, 15) is 0 Å². The van der Waals surface area contributed by atoms with E-state index in [0.29, 0.717) is 0 Å². The Hall–Kier alpha value is -0.870. The zero-order chi connectivity index (χ0) is 13.7. The van der Waals surface area contributed by atoms with E-state index in [1.165, 1.54) is 16.0 Å². The summed E-state index contributed by atoms with van der Waals surface area (Å²) in [6.07, 6.45) is 2.93. The molecule has 2 rings (SSSR count). The van der Waals surface area contributed by atoms with Crippen LogP contribution in [0.5, 0.6) is 0 Å². The molecule has 0 aliphatic carbocycles. The average molecular weight is 295 g/mol. The molecular formula is C15H19ClN2S. The Kier molecular flexibility index (Phi) is 5.40. The quantitative estimate of drug-likeness (QED) is 0.629. The van der Waals surface area contributed by atoms with Gasteiger partial charge in [0.05, 0.1) is 5.02 Å². The average Bonchev–Trinajstić information content (AvgIpc) is 2.81. The van der Waals surface area contributed by atoms with Crippen LogP contribution in [0.2, 0.25) is 5.02 Å². The summed E-state index contributed by atoms with van der Waals surface area (Å²) in [6, 6.07) is 10.7. The van der Waals surface area contributed by atoms with Crippen LogP contribution in [-0.4, -0.2) is 6.04 Å². The summed E-state index contributed by atoms with van der Waals surface area (Å²) in [6.45, 7) is 2.15. The van der Waals surface area contributed by atoms with E-state index in [4.69, 9.17) is 17.4 Å². The third-order valence-corrected chi connectivity index (χ3v) is 4.79. The molecule has 0 radical (unpaired) electrons. The van der Waals surface area contributed by atoms with Gasteiger partial charge >= 0.3 is 0 Å². The van der Waals surface area contributed by atoms with Crippen LogP contribution in [0.4, 0.5) is 0 Å². The topological polar surface area (TPSA) is 38.0 Å².